The van der Waals surface area contributed by atoms with Crippen LogP contribution in [-0.2, 0) is 6.61 Å². The Labute approximate surface area is 113 Å². The largest absolute Gasteiger partial charge is 0.489 e. The van der Waals surface area contributed by atoms with Gasteiger partial charge in [0.1, 0.15) is 12.4 Å². The standard InChI is InChI=1S/C16H16N2O/c1-12(18)15-6-8-16(9-7-15)19-11-14-4-2-13(10-17)3-5-14/h2-9,12H,11,18H2,1H3/t12-/m0/s1. The molecule has 0 bridgehead atoms. The van der Waals surface area contributed by atoms with Crippen LogP contribution in [0.4, 0.5) is 0 Å². The number of nitriles is 1. The topological polar surface area (TPSA) is 59.0 Å². The monoisotopic (exact) mass is 252 g/mol. The average Bonchev–Trinajstić information content (AvgIpc) is 2.46. The zero-order valence-corrected chi connectivity index (χ0v) is 10.8. The van der Waals surface area contributed by atoms with Crippen molar-refractivity contribution < 1.29 is 4.74 Å². The van der Waals surface area contributed by atoms with Crippen molar-refractivity contribution in [1.29, 1.82) is 5.26 Å². The van der Waals surface area contributed by atoms with Gasteiger partial charge in [0, 0.05) is 6.04 Å². The van der Waals surface area contributed by atoms with E-state index >= 15 is 0 Å². The van der Waals surface area contributed by atoms with Crippen molar-refractivity contribution in [3.05, 3.63) is 65.2 Å². The minimum atomic E-state index is 0.0348. The number of nitrogens with two attached hydrogens (primary N) is 1. The third-order valence-electron chi connectivity index (χ3n) is 2.89. The fourth-order valence-electron chi connectivity index (χ4n) is 1.71. The molecule has 2 N–H and O–H groups in total. The summed E-state index contributed by atoms with van der Waals surface area (Å²) in [6, 6.07) is 17.3. The van der Waals surface area contributed by atoms with E-state index in [-0.39, 0.29) is 6.04 Å². The third kappa shape index (κ3) is 3.57. The Morgan fingerprint density at radius 2 is 1.74 bits per heavy atom. The zero-order chi connectivity index (χ0) is 13.7. The molecule has 0 amide bonds. The van der Waals surface area contributed by atoms with Crippen molar-refractivity contribution in [3.8, 4) is 11.8 Å². The minimum Gasteiger partial charge on any atom is -0.489 e. The fraction of sp³-hybridized carbons (Fsp3) is 0.188. The molecule has 0 unspecified atom stereocenters. The highest BCUT2D eigenvalue weighted by molar-refractivity contribution is 5.32. The number of hydrogen-bond acceptors (Lipinski definition) is 3. The van der Waals surface area contributed by atoms with Gasteiger partial charge in [0.05, 0.1) is 11.6 Å². The lowest BCUT2D eigenvalue weighted by Gasteiger charge is -2.09. The first-order valence-electron chi connectivity index (χ1n) is 6.16. The molecule has 2 rings (SSSR count). The summed E-state index contributed by atoms with van der Waals surface area (Å²) in [5.74, 6) is 0.814. The van der Waals surface area contributed by atoms with Crippen molar-refractivity contribution >= 4 is 0 Å². The molecule has 3 heteroatoms. The van der Waals surface area contributed by atoms with Crippen LogP contribution in [-0.4, -0.2) is 0 Å². The molecule has 19 heavy (non-hydrogen) atoms. The van der Waals surface area contributed by atoms with Gasteiger partial charge in [0.2, 0.25) is 0 Å². The molecule has 0 saturated carbocycles. The van der Waals surface area contributed by atoms with E-state index in [0.29, 0.717) is 12.2 Å². The van der Waals surface area contributed by atoms with Crippen LogP contribution in [0.15, 0.2) is 48.5 Å². The van der Waals surface area contributed by atoms with Crippen LogP contribution in [0.5, 0.6) is 5.75 Å². The van der Waals surface area contributed by atoms with Gasteiger partial charge in [-0.2, -0.15) is 5.26 Å². The predicted octanol–water partition coefficient (Wildman–Crippen LogP) is 3.16. The van der Waals surface area contributed by atoms with Gasteiger partial charge < -0.3 is 10.5 Å². The molecule has 2 aromatic rings. The molecule has 0 spiro atoms. The minimum absolute atomic E-state index is 0.0348. The Hall–Kier alpha value is -2.31. The maximum Gasteiger partial charge on any atom is 0.119 e. The van der Waals surface area contributed by atoms with Gasteiger partial charge in [-0.3, -0.25) is 0 Å². The normalized spacial score (nSPS) is 11.6. The van der Waals surface area contributed by atoms with Crippen LogP contribution in [0, 0.1) is 11.3 Å². The summed E-state index contributed by atoms with van der Waals surface area (Å²) in [5.41, 5.74) is 8.57. The van der Waals surface area contributed by atoms with Gasteiger partial charge in [0.15, 0.2) is 0 Å². The molecule has 0 aliphatic heterocycles. The van der Waals surface area contributed by atoms with E-state index in [9.17, 15) is 0 Å². The van der Waals surface area contributed by atoms with Crippen molar-refractivity contribution in [1.82, 2.24) is 0 Å². The van der Waals surface area contributed by atoms with Gasteiger partial charge in [-0.25, -0.2) is 0 Å². The second-order valence-corrected chi connectivity index (χ2v) is 4.46. The molecule has 0 aliphatic carbocycles. The molecule has 0 aliphatic rings. The highest BCUT2D eigenvalue weighted by Gasteiger charge is 2.00. The number of rotatable bonds is 4. The zero-order valence-electron chi connectivity index (χ0n) is 10.8. The van der Waals surface area contributed by atoms with Crippen LogP contribution in [0.25, 0.3) is 0 Å². The lowest BCUT2D eigenvalue weighted by atomic mass is 10.1. The van der Waals surface area contributed by atoms with Crippen molar-refractivity contribution in [2.45, 2.75) is 19.6 Å². The summed E-state index contributed by atoms with van der Waals surface area (Å²) >= 11 is 0. The Morgan fingerprint density at radius 3 is 2.26 bits per heavy atom. The smallest absolute Gasteiger partial charge is 0.119 e. The van der Waals surface area contributed by atoms with Crippen LogP contribution in [0.1, 0.15) is 29.7 Å². The quantitative estimate of drug-likeness (QED) is 0.909. The summed E-state index contributed by atoms with van der Waals surface area (Å²) in [6.07, 6.45) is 0. The summed E-state index contributed by atoms with van der Waals surface area (Å²) in [7, 11) is 0. The number of nitrogens with zero attached hydrogens (tertiary/aromatic N) is 1. The fourth-order valence-corrected chi connectivity index (χ4v) is 1.71. The van der Waals surface area contributed by atoms with Crippen LogP contribution >= 0.6 is 0 Å². The molecular weight excluding hydrogens is 236 g/mol. The Bertz CT molecular complexity index is 565. The van der Waals surface area contributed by atoms with Crippen LogP contribution in [0.2, 0.25) is 0 Å². The molecule has 0 aromatic heterocycles. The lowest BCUT2D eigenvalue weighted by molar-refractivity contribution is 0.306. The highest BCUT2D eigenvalue weighted by Crippen LogP contribution is 2.17. The van der Waals surface area contributed by atoms with Crippen LogP contribution in [0.3, 0.4) is 0 Å². The van der Waals surface area contributed by atoms with Gasteiger partial charge in [0.25, 0.3) is 0 Å². The Morgan fingerprint density at radius 1 is 1.11 bits per heavy atom. The molecule has 96 valence electrons. The highest BCUT2D eigenvalue weighted by atomic mass is 16.5. The van der Waals surface area contributed by atoms with E-state index < -0.39 is 0 Å². The maximum atomic E-state index is 8.72. The first-order valence-corrected chi connectivity index (χ1v) is 6.16. The van der Waals surface area contributed by atoms with Gasteiger partial charge in [-0.15, -0.1) is 0 Å². The van der Waals surface area contributed by atoms with Crippen molar-refractivity contribution in [2.24, 2.45) is 5.73 Å². The van der Waals surface area contributed by atoms with E-state index in [1.807, 2.05) is 43.3 Å². The molecule has 0 radical (unpaired) electrons. The lowest BCUT2D eigenvalue weighted by Crippen LogP contribution is -2.04. The predicted molar refractivity (Wildman–Crippen MR) is 74.5 cm³/mol. The summed E-state index contributed by atoms with van der Waals surface area (Å²) < 4.78 is 5.68. The second-order valence-electron chi connectivity index (χ2n) is 4.46. The Balaban J connectivity index is 1.96. The third-order valence-corrected chi connectivity index (χ3v) is 2.89. The molecule has 0 heterocycles. The summed E-state index contributed by atoms with van der Waals surface area (Å²) in [5, 5.41) is 8.72. The molecule has 0 saturated heterocycles. The van der Waals surface area contributed by atoms with E-state index in [2.05, 4.69) is 6.07 Å². The SMILES string of the molecule is C[C@H](N)c1ccc(OCc2ccc(C#N)cc2)cc1. The van der Waals surface area contributed by atoms with E-state index in [4.69, 9.17) is 15.7 Å². The first-order chi connectivity index (χ1) is 9.19. The molecule has 3 nitrogen and oxygen atoms in total. The second kappa shape index (κ2) is 6.03. The van der Waals surface area contributed by atoms with E-state index in [1.165, 1.54) is 0 Å². The molecule has 0 fully saturated rings. The maximum absolute atomic E-state index is 8.72. The van der Waals surface area contributed by atoms with Gasteiger partial charge in [-0.05, 0) is 42.3 Å². The number of ether oxygens (including phenoxy) is 1. The van der Waals surface area contributed by atoms with E-state index in [0.717, 1.165) is 16.9 Å². The van der Waals surface area contributed by atoms with Crippen LogP contribution < -0.4 is 10.5 Å². The van der Waals surface area contributed by atoms with Gasteiger partial charge in [-0.1, -0.05) is 24.3 Å². The Kier molecular flexibility index (Phi) is 4.17. The molecule has 1 atom stereocenters. The summed E-state index contributed by atoms with van der Waals surface area (Å²) in [6.45, 7) is 2.44. The van der Waals surface area contributed by atoms with E-state index in [1.54, 1.807) is 12.1 Å². The first kappa shape index (κ1) is 13.1. The van der Waals surface area contributed by atoms with Crippen molar-refractivity contribution in [2.75, 3.05) is 0 Å². The molecular formula is C16H16N2O. The number of hydrogen-bond donors (Lipinski definition) is 1. The summed E-state index contributed by atoms with van der Waals surface area (Å²) in [4.78, 5) is 0. The average molecular weight is 252 g/mol. The van der Waals surface area contributed by atoms with Gasteiger partial charge >= 0.3 is 0 Å². The molecule has 2 aromatic carbocycles. The van der Waals surface area contributed by atoms with Crippen molar-refractivity contribution in [3.63, 3.8) is 0 Å². The number of benzene rings is 2.